The molecule has 104 valence electrons. The van der Waals surface area contributed by atoms with Gasteiger partial charge in [0, 0.05) is 33.0 Å². The lowest BCUT2D eigenvalue weighted by molar-refractivity contribution is -0.141. The number of rotatable bonds is 4. The summed E-state index contributed by atoms with van der Waals surface area (Å²) in [5.74, 6) is 0.0635. The van der Waals surface area contributed by atoms with Crippen LogP contribution in [0.4, 0.5) is 0 Å². The first-order valence-corrected chi connectivity index (χ1v) is 6.74. The van der Waals surface area contributed by atoms with Crippen molar-refractivity contribution in [3.05, 3.63) is 0 Å². The maximum absolute atomic E-state index is 11.6. The van der Waals surface area contributed by atoms with E-state index < -0.39 is 6.10 Å². The standard InChI is InChI=1S/C13H24N2O3/c1-4-7-15(10(3)16)11-6-8-14(9-12(11)17)13(18)5-2/h11-12,17H,4-9H2,1-3H3. The third-order valence-electron chi connectivity index (χ3n) is 3.47. The van der Waals surface area contributed by atoms with E-state index in [-0.39, 0.29) is 17.9 Å². The highest BCUT2D eigenvalue weighted by Crippen LogP contribution is 2.18. The van der Waals surface area contributed by atoms with Gasteiger partial charge >= 0.3 is 0 Å². The van der Waals surface area contributed by atoms with E-state index in [1.54, 1.807) is 9.80 Å². The van der Waals surface area contributed by atoms with Crippen LogP contribution in [0, 0.1) is 0 Å². The molecule has 0 spiro atoms. The van der Waals surface area contributed by atoms with Crippen LogP contribution in [0.25, 0.3) is 0 Å². The third-order valence-corrected chi connectivity index (χ3v) is 3.47. The van der Waals surface area contributed by atoms with Gasteiger partial charge in [0.1, 0.15) is 0 Å². The van der Waals surface area contributed by atoms with E-state index in [1.165, 1.54) is 6.92 Å². The van der Waals surface area contributed by atoms with Gasteiger partial charge < -0.3 is 14.9 Å². The average molecular weight is 256 g/mol. The minimum atomic E-state index is -0.635. The average Bonchev–Trinajstić information content (AvgIpc) is 2.35. The van der Waals surface area contributed by atoms with Crippen LogP contribution in [0.15, 0.2) is 0 Å². The highest BCUT2D eigenvalue weighted by molar-refractivity contribution is 5.76. The van der Waals surface area contributed by atoms with E-state index in [0.29, 0.717) is 32.5 Å². The van der Waals surface area contributed by atoms with Crippen molar-refractivity contribution in [2.75, 3.05) is 19.6 Å². The Morgan fingerprint density at radius 1 is 1.39 bits per heavy atom. The van der Waals surface area contributed by atoms with Gasteiger partial charge in [0.25, 0.3) is 0 Å². The smallest absolute Gasteiger partial charge is 0.222 e. The van der Waals surface area contributed by atoms with Crippen molar-refractivity contribution in [2.45, 2.75) is 52.2 Å². The van der Waals surface area contributed by atoms with Crippen molar-refractivity contribution in [3.8, 4) is 0 Å². The van der Waals surface area contributed by atoms with Crippen LogP contribution in [0.3, 0.4) is 0 Å². The number of hydrogen-bond donors (Lipinski definition) is 1. The van der Waals surface area contributed by atoms with Crippen molar-refractivity contribution in [3.63, 3.8) is 0 Å². The van der Waals surface area contributed by atoms with E-state index >= 15 is 0 Å². The van der Waals surface area contributed by atoms with Crippen molar-refractivity contribution in [1.29, 1.82) is 0 Å². The maximum atomic E-state index is 11.6. The molecule has 2 unspecified atom stereocenters. The number of amides is 2. The van der Waals surface area contributed by atoms with Crippen LogP contribution in [0.5, 0.6) is 0 Å². The Morgan fingerprint density at radius 2 is 2.06 bits per heavy atom. The number of carbonyl (C=O) groups is 2. The minimum absolute atomic E-state index is 0.00355. The molecule has 18 heavy (non-hydrogen) atoms. The molecule has 0 aliphatic carbocycles. The summed E-state index contributed by atoms with van der Waals surface area (Å²) in [6.07, 6.45) is 1.36. The third kappa shape index (κ3) is 3.45. The maximum Gasteiger partial charge on any atom is 0.222 e. The lowest BCUT2D eigenvalue weighted by atomic mass is 9.99. The van der Waals surface area contributed by atoms with Gasteiger partial charge in [-0.2, -0.15) is 0 Å². The number of likely N-dealkylation sites (tertiary alicyclic amines) is 1. The SMILES string of the molecule is CCCN(C(C)=O)C1CCN(C(=O)CC)CC1O. The van der Waals surface area contributed by atoms with Crippen LogP contribution >= 0.6 is 0 Å². The molecule has 0 aromatic rings. The predicted octanol–water partition coefficient (Wildman–Crippen LogP) is 0.617. The molecule has 1 rings (SSSR count). The number of β-amino-alcohol motifs (C(OH)–C–C–N with tert-alkyl or cyclic N) is 1. The quantitative estimate of drug-likeness (QED) is 0.802. The first kappa shape index (κ1) is 15.0. The summed E-state index contributed by atoms with van der Waals surface area (Å²) in [6, 6.07) is -0.150. The van der Waals surface area contributed by atoms with E-state index in [0.717, 1.165) is 6.42 Å². The molecule has 0 saturated carbocycles. The van der Waals surface area contributed by atoms with E-state index in [9.17, 15) is 14.7 Å². The summed E-state index contributed by atoms with van der Waals surface area (Å²) < 4.78 is 0. The number of aliphatic hydroxyl groups is 1. The van der Waals surface area contributed by atoms with E-state index in [1.807, 2.05) is 13.8 Å². The molecule has 1 heterocycles. The summed E-state index contributed by atoms with van der Waals surface area (Å²) in [5, 5.41) is 10.1. The summed E-state index contributed by atoms with van der Waals surface area (Å²) >= 11 is 0. The zero-order valence-corrected chi connectivity index (χ0v) is 11.6. The van der Waals surface area contributed by atoms with Crippen molar-refractivity contribution in [1.82, 2.24) is 9.80 Å². The lowest BCUT2D eigenvalue weighted by Crippen LogP contribution is -2.56. The normalized spacial score (nSPS) is 23.9. The number of nitrogens with zero attached hydrogens (tertiary/aromatic N) is 2. The van der Waals surface area contributed by atoms with Crippen LogP contribution in [-0.2, 0) is 9.59 Å². The molecule has 2 atom stereocenters. The second kappa shape index (κ2) is 6.73. The van der Waals surface area contributed by atoms with Gasteiger partial charge in [-0.15, -0.1) is 0 Å². The van der Waals surface area contributed by atoms with Gasteiger partial charge in [0.2, 0.25) is 11.8 Å². The fourth-order valence-electron chi connectivity index (χ4n) is 2.53. The van der Waals surface area contributed by atoms with E-state index in [2.05, 4.69) is 0 Å². The molecule has 1 saturated heterocycles. The highest BCUT2D eigenvalue weighted by Gasteiger charge is 2.34. The Labute approximate surface area is 109 Å². The molecule has 1 N–H and O–H groups in total. The van der Waals surface area contributed by atoms with Gasteiger partial charge in [0.05, 0.1) is 12.1 Å². The predicted molar refractivity (Wildman–Crippen MR) is 69.0 cm³/mol. The highest BCUT2D eigenvalue weighted by atomic mass is 16.3. The molecular formula is C13H24N2O3. The zero-order chi connectivity index (χ0) is 13.7. The van der Waals surface area contributed by atoms with Crippen molar-refractivity contribution < 1.29 is 14.7 Å². The van der Waals surface area contributed by atoms with Gasteiger partial charge in [-0.25, -0.2) is 0 Å². The fourth-order valence-corrected chi connectivity index (χ4v) is 2.53. The van der Waals surface area contributed by atoms with Gasteiger partial charge in [-0.3, -0.25) is 9.59 Å². The summed E-state index contributed by atoms with van der Waals surface area (Å²) in [7, 11) is 0. The van der Waals surface area contributed by atoms with Crippen molar-refractivity contribution >= 4 is 11.8 Å². The molecule has 5 nitrogen and oxygen atoms in total. The Bertz CT molecular complexity index is 307. The van der Waals surface area contributed by atoms with Gasteiger partial charge in [-0.1, -0.05) is 13.8 Å². The molecule has 0 aromatic heterocycles. The summed E-state index contributed by atoms with van der Waals surface area (Å²) in [5.41, 5.74) is 0. The van der Waals surface area contributed by atoms with Crippen LogP contribution in [-0.4, -0.2) is 58.5 Å². The first-order chi connectivity index (χ1) is 8.51. The molecule has 0 radical (unpaired) electrons. The second-order valence-electron chi connectivity index (χ2n) is 4.83. The van der Waals surface area contributed by atoms with Crippen molar-refractivity contribution in [2.24, 2.45) is 0 Å². The van der Waals surface area contributed by atoms with Gasteiger partial charge in [-0.05, 0) is 12.8 Å². The summed E-state index contributed by atoms with van der Waals surface area (Å²) in [6.45, 7) is 7.00. The number of piperidine rings is 1. The zero-order valence-electron chi connectivity index (χ0n) is 11.6. The largest absolute Gasteiger partial charge is 0.389 e. The topological polar surface area (TPSA) is 60.9 Å². The minimum Gasteiger partial charge on any atom is -0.389 e. The Hall–Kier alpha value is -1.10. The Kier molecular flexibility index (Phi) is 5.59. The second-order valence-corrected chi connectivity index (χ2v) is 4.83. The van der Waals surface area contributed by atoms with E-state index in [4.69, 9.17) is 0 Å². The molecule has 1 fully saturated rings. The Balaban J connectivity index is 2.65. The van der Waals surface area contributed by atoms with Crippen LogP contribution in [0.1, 0.15) is 40.0 Å². The molecule has 1 aliphatic heterocycles. The lowest BCUT2D eigenvalue weighted by Gasteiger charge is -2.41. The summed E-state index contributed by atoms with van der Waals surface area (Å²) in [4.78, 5) is 26.6. The molecule has 2 amide bonds. The number of carbonyl (C=O) groups excluding carboxylic acids is 2. The monoisotopic (exact) mass is 256 g/mol. The molecule has 0 bridgehead atoms. The first-order valence-electron chi connectivity index (χ1n) is 6.74. The fraction of sp³-hybridized carbons (Fsp3) is 0.846. The van der Waals surface area contributed by atoms with Crippen LogP contribution in [0.2, 0.25) is 0 Å². The molecular weight excluding hydrogens is 232 g/mol. The molecule has 1 aliphatic rings. The Morgan fingerprint density at radius 3 is 2.50 bits per heavy atom. The van der Waals surface area contributed by atoms with Gasteiger partial charge in [0.15, 0.2) is 0 Å². The number of aliphatic hydroxyl groups excluding tert-OH is 1. The molecule has 5 heteroatoms. The number of hydrogen-bond acceptors (Lipinski definition) is 3. The molecule has 0 aromatic carbocycles. The van der Waals surface area contributed by atoms with Crippen LogP contribution < -0.4 is 0 Å².